The summed E-state index contributed by atoms with van der Waals surface area (Å²) in [4.78, 5) is 26.3. The van der Waals surface area contributed by atoms with Crippen molar-refractivity contribution in [2.75, 3.05) is 25.5 Å². The number of quaternary nitrogens is 1. The van der Waals surface area contributed by atoms with Crippen molar-refractivity contribution < 1.29 is 14.5 Å². The molecule has 0 spiro atoms. The Morgan fingerprint density at radius 3 is 2.62 bits per heavy atom. The minimum absolute atomic E-state index is 0.0108. The Labute approximate surface area is 146 Å². The number of benzene rings is 1. The predicted molar refractivity (Wildman–Crippen MR) is 97.2 cm³/mol. The van der Waals surface area contributed by atoms with Crippen molar-refractivity contribution in [3.63, 3.8) is 0 Å². The highest BCUT2D eigenvalue weighted by Crippen LogP contribution is 2.14. The van der Waals surface area contributed by atoms with Gasteiger partial charge in [-0.3, -0.25) is 9.59 Å². The number of para-hydroxylation sites is 1. The smallest absolute Gasteiger partial charge is 0.275 e. The molecule has 1 unspecified atom stereocenters. The molecule has 0 aliphatic carbocycles. The molecule has 0 saturated carbocycles. The van der Waals surface area contributed by atoms with Gasteiger partial charge in [-0.2, -0.15) is 0 Å². The molecule has 5 nitrogen and oxygen atoms in total. The first kappa shape index (κ1) is 18.2. The average molecular weight is 346 g/mol. The van der Waals surface area contributed by atoms with Crippen molar-refractivity contribution in [1.82, 2.24) is 5.32 Å². The fourth-order valence-corrected chi connectivity index (χ4v) is 3.25. The number of rotatable bonds is 8. The molecule has 2 rings (SSSR count). The van der Waals surface area contributed by atoms with Crippen molar-refractivity contribution in [1.29, 1.82) is 0 Å². The van der Waals surface area contributed by atoms with Gasteiger partial charge in [0.1, 0.15) is 6.54 Å². The quantitative estimate of drug-likeness (QED) is 0.670. The van der Waals surface area contributed by atoms with E-state index in [9.17, 15) is 9.59 Å². The largest absolute Gasteiger partial charge is 0.342 e. The Bertz CT molecular complexity index is 671. The first-order valence-electron chi connectivity index (χ1n) is 8.06. The molecule has 0 aliphatic heterocycles. The van der Waals surface area contributed by atoms with Crippen LogP contribution in [-0.2, 0) is 22.6 Å². The molecule has 1 heterocycles. The van der Waals surface area contributed by atoms with E-state index in [1.807, 2.05) is 49.7 Å². The number of thiophene rings is 1. The Balaban J connectivity index is 1.73. The maximum absolute atomic E-state index is 12.0. The lowest BCUT2D eigenvalue weighted by molar-refractivity contribution is -0.885. The van der Waals surface area contributed by atoms with Gasteiger partial charge >= 0.3 is 0 Å². The Morgan fingerprint density at radius 2 is 1.92 bits per heavy atom. The van der Waals surface area contributed by atoms with E-state index in [4.69, 9.17) is 0 Å². The fourth-order valence-electron chi connectivity index (χ4n) is 2.43. The third kappa shape index (κ3) is 5.79. The average Bonchev–Trinajstić information content (AvgIpc) is 3.06. The maximum Gasteiger partial charge on any atom is 0.275 e. The Hall–Kier alpha value is -2.18. The lowest BCUT2D eigenvalue weighted by Crippen LogP contribution is -3.08. The van der Waals surface area contributed by atoms with E-state index in [1.165, 1.54) is 4.88 Å². The number of amides is 2. The monoisotopic (exact) mass is 346 g/mol. The Kier molecular flexibility index (Phi) is 6.96. The molecule has 6 heteroatoms. The summed E-state index contributed by atoms with van der Waals surface area (Å²) in [5, 5.41) is 7.56. The van der Waals surface area contributed by atoms with Gasteiger partial charge in [-0.1, -0.05) is 31.2 Å². The first-order valence-corrected chi connectivity index (χ1v) is 8.94. The van der Waals surface area contributed by atoms with Crippen LogP contribution < -0.4 is 15.5 Å². The summed E-state index contributed by atoms with van der Waals surface area (Å²) in [5.74, 6) is -0.330. The molecule has 1 atom stereocenters. The molecule has 1 aromatic heterocycles. The number of aryl methyl sites for hydroxylation is 1. The number of anilines is 1. The van der Waals surface area contributed by atoms with Crippen LogP contribution in [0.15, 0.2) is 41.8 Å². The number of carbonyl (C=O) groups excluding carboxylic acids is 2. The second kappa shape index (κ2) is 9.20. The van der Waals surface area contributed by atoms with E-state index >= 15 is 0 Å². The van der Waals surface area contributed by atoms with Crippen LogP contribution in [0.4, 0.5) is 5.69 Å². The van der Waals surface area contributed by atoms with E-state index < -0.39 is 0 Å². The number of hydrogen-bond donors (Lipinski definition) is 3. The van der Waals surface area contributed by atoms with Crippen molar-refractivity contribution in [3.05, 3.63) is 52.2 Å². The number of hydrogen-bond acceptors (Lipinski definition) is 3. The molecule has 2 aromatic rings. The van der Waals surface area contributed by atoms with Gasteiger partial charge in [0.2, 0.25) is 5.91 Å². The lowest BCUT2D eigenvalue weighted by Gasteiger charge is -2.13. The van der Waals surface area contributed by atoms with Crippen molar-refractivity contribution >= 4 is 28.8 Å². The van der Waals surface area contributed by atoms with Crippen LogP contribution in [0.5, 0.6) is 0 Å². The minimum atomic E-state index is -0.208. The lowest BCUT2D eigenvalue weighted by atomic mass is 10.1. The summed E-state index contributed by atoms with van der Waals surface area (Å²) in [5.41, 5.74) is 1.89. The molecule has 3 N–H and O–H groups in total. The van der Waals surface area contributed by atoms with Gasteiger partial charge in [-0.15, -0.1) is 11.3 Å². The van der Waals surface area contributed by atoms with Crippen LogP contribution in [0.3, 0.4) is 0 Å². The molecular weight excluding hydrogens is 322 g/mol. The number of likely N-dealkylation sites (N-methyl/N-ethyl adjacent to an activating group) is 1. The minimum Gasteiger partial charge on any atom is -0.342 e. The van der Waals surface area contributed by atoms with Gasteiger partial charge in [-0.05, 0) is 29.5 Å². The van der Waals surface area contributed by atoms with Crippen LogP contribution in [0.25, 0.3) is 0 Å². The summed E-state index contributed by atoms with van der Waals surface area (Å²) in [7, 11) is 1.97. The van der Waals surface area contributed by atoms with Crippen LogP contribution in [0.2, 0.25) is 0 Å². The highest BCUT2D eigenvalue weighted by atomic mass is 32.1. The zero-order valence-corrected chi connectivity index (χ0v) is 14.9. The molecular formula is C18H24N3O2S+. The van der Waals surface area contributed by atoms with E-state index in [-0.39, 0.29) is 18.4 Å². The highest BCUT2D eigenvalue weighted by Gasteiger charge is 2.12. The second-order valence-corrected chi connectivity index (χ2v) is 6.76. The molecule has 0 bridgehead atoms. The van der Waals surface area contributed by atoms with E-state index in [1.54, 1.807) is 11.3 Å². The molecule has 0 aliphatic rings. The molecule has 128 valence electrons. The summed E-state index contributed by atoms with van der Waals surface area (Å²) >= 11 is 1.68. The summed E-state index contributed by atoms with van der Waals surface area (Å²) < 4.78 is 0. The number of nitrogens with one attached hydrogen (secondary N) is 3. The van der Waals surface area contributed by atoms with Gasteiger partial charge in [-0.25, -0.2) is 0 Å². The van der Waals surface area contributed by atoms with Gasteiger partial charge in [0.15, 0.2) is 6.54 Å². The molecule has 0 radical (unpaired) electrons. The third-order valence-electron chi connectivity index (χ3n) is 3.64. The van der Waals surface area contributed by atoms with E-state index in [2.05, 4.69) is 16.7 Å². The van der Waals surface area contributed by atoms with Gasteiger partial charge in [0.25, 0.3) is 5.91 Å². The molecule has 0 fully saturated rings. The molecule has 0 saturated heterocycles. The zero-order chi connectivity index (χ0) is 17.4. The molecule has 24 heavy (non-hydrogen) atoms. The fraction of sp³-hybridized carbons (Fsp3) is 0.333. The molecule has 2 amide bonds. The van der Waals surface area contributed by atoms with E-state index in [0.717, 1.165) is 29.1 Å². The van der Waals surface area contributed by atoms with Crippen LogP contribution >= 0.6 is 11.3 Å². The van der Waals surface area contributed by atoms with Gasteiger partial charge < -0.3 is 15.5 Å². The van der Waals surface area contributed by atoms with E-state index in [0.29, 0.717) is 6.54 Å². The van der Waals surface area contributed by atoms with Crippen LogP contribution in [0.1, 0.15) is 17.4 Å². The zero-order valence-electron chi connectivity index (χ0n) is 14.1. The van der Waals surface area contributed by atoms with Crippen molar-refractivity contribution in [3.8, 4) is 0 Å². The van der Waals surface area contributed by atoms with Crippen molar-refractivity contribution in [2.24, 2.45) is 0 Å². The van der Waals surface area contributed by atoms with Crippen LogP contribution in [0, 0.1) is 0 Å². The van der Waals surface area contributed by atoms with Gasteiger partial charge in [0.05, 0.1) is 18.5 Å². The topological polar surface area (TPSA) is 62.6 Å². The Morgan fingerprint density at radius 1 is 1.12 bits per heavy atom. The highest BCUT2D eigenvalue weighted by molar-refractivity contribution is 7.09. The van der Waals surface area contributed by atoms with Crippen molar-refractivity contribution in [2.45, 2.75) is 19.9 Å². The van der Waals surface area contributed by atoms with Gasteiger partial charge in [0, 0.05) is 5.69 Å². The first-order chi connectivity index (χ1) is 11.6. The number of carbonyl (C=O) groups is 2. The molecule has 1 aromatic carbocycles. The summed E-state index contributed by atoms with van der Waals surface area (Å²) in [6.45, 7) is 3.18. The van der Waals surface area contributed by atoms with Crippen LogP contribution in [-0.4, -0.2) is 32.0 Å². The maximum atomic E-state index is 12.0. The summed E-state index contributed by atoms with van der Waals surface area (Å²) in [6.07, 6.45) is 0.847. The summed E-state index contributed by atoms with van der Waals surface area (Å²) in [6, 6.07) is 11.8. The predicted octanol–water partition coefficient (Wildman–Crippen LogP) is 1.08. The third-order valence-corrected chi connectivity index (χ3v) is 4.51. The SMILES string of the molecule is CCc1ccccc1NC(=O)CNC(=O)C[NH+](C)Cc1cccs1. The second-order valence-electron chi connectivity index (χ2n) is 5.73. The standard InChI is InChI=1S/C18H23N3O2S/c1-3-14-7-4-5-9-16(14)20-17(22)11-19-18(23)13-21(2)12-15-8-6-10-24-15/h4-10H,3,11-13H2,1-2H3,(H,19,23)(H,20,22)/p+1. The normalized spacial score (nSPS) is 11.8.